The molecule has 6 heteroatoms. The highest BCUT2D eigenvalue weighted by atomic mass is 16.5. The molecule has 2 aromatic rings. The van der Waals surface area contributed by atoms with E-state index in [9.17, 15) is 14.4 Å². The Morgan fingerprint density at radius 3 is 2.30 bits per heavy atom. The number of benzene rings is 2. The van der Waals surface area contributed by atoms with E-state index in [1.54, 1.807) is 24.3 Å². The predicted molar refractivity (Wildman–Crippen MR) is 117 cm³/mol. The topological polar surface area (TPSA) is 84.5 Å². The van der Waals surface area contributed by atoms with Crippen molar-refractivity contribution in [2.75, 3.05) is 5.32 Å². The molecule has 0 saturated heterocycles. The van der Waals surface area contributed by atoms with Gasteiger partial charge in [0.15, 0.2) is 6.10 Å². The minimum atomic E-state index is -1.00. The van der Waals surface area contributed by atoms with Gasteiger partial charge in [-0.3, -0.25) is 9.59 Å². The second-order valence-corrected chi connectivity index (χ2v) is 7.59. The number of ether oxygens (including phenoxy) is 1. The van der Waals surface area contributed by atoms with Gasteiger partial charge in [0.2, 0.25) is 0 Å². The van der Waals surface area contributed by atoms with Gasteiger partial charge in [-0.2, -0.15) is 0 Å². The number of hydrogen-bond acceptors (Lipinski definition) is 4. The van der Waals surface area contributed by atoms with Crippen LogP contribution in [0.15, 0.2) is 48.5 Å². The van der Waals surface area contributed by atoms with Crippen LogP contribution in [0, 0.1) is 19.8 Å². The molecule has 2 N–H and O–H groups in total. The average molecular weight is 411 g/mol. The van der Waals surface area contributed by atoms with Crippen LogP contribution in [0.5, 0.6) is 0 Å². The third-order valence-corrected chi connectivity index (χ3v) is 5.10. The van der Waals surface area contributed by atoms with Crippen LogP contribution in [0.4, 0.5) is 5.69 Å². The van der Waals surface area contributed by atoms with Gasteiger partial charge in [-0.05, 0) is 56.0 Å². The standard InChI is InChI=1S/C24H30N2O4/c1-6-16(3)21(26-23(28)19-10-8-7-9-11-19)24(29)30-18(5)22(27)25-20-14-15(2)12-13-17(20)4/h7-14,16,18,21H,6H2,1-5H3,(H,25,27)(H,26,28)/t16-,18+,21-/m0/s1. The Balaban J connectivity index is 2.05. The lowest BCUT2D eigenvalue weighted by Crippen LogP contribution is -2.47. The van der Waals surface area contributed by atoms with Crippen LogP contribution in [0.3, 0.4) is 0 Å². The molecule has 0 aliphatic rings. The minimum Gasteiger partial charge on any atom is -0.451 e. The maximum atomic E-state index is 12.8. The molecule has 0 aliphatic carbocycles. The molecule has 0 heterocycles. The van der Waals surface area contributed by atoms with Gasteiger partial charge in [-0.1, -0.05) is 50.6 Å². The van der Waals surface area contributed by atoms with Crippen molar-refractivity contribution in [3.8, 4) is 0 Å². The SMILES string of the molecule is CC[C@H](C)[C@H](NC(=O)c1ccccc1)C(=O)O[C@H](C)C(=O)Nc1cc(C)ccc1C. The van der Waals surface area contributed by atoms with Crippen molar-refractivity contribution in [3.05, 3.63) is 65.2 Å². The molecule has 2 aromatic carbocycles. The monoisotopic (exact) mass is 410 g/mol. The second kappa shape index (κ2) is 10.6. The minimum absolute atomic E-state index is 0.153. The van der Waals surface area contributed by atoms with Crippen LogP contribution in [-0.4, -0.2) is 29.9 Å². The maximum Gasteiger partial charge on any atom is 0.329 e. The summed E-state index contributed by atoms with van der Waals surface area (Å²) in [6, 6.07) is 13.6. The van der Waals surface area contributed by atoms with E-state index in [0.29, 0.717) is 17.7 Å². The van der Waals surface area contributed by atoms with Gasteiger partial charge in [-0.25, -0.2) is 4.79 Å². The number of anilines is 1. The zero-order valence-electron chi connectivity index (χ0n) is 18.2. The Hall–Kier alpha value is -3.15. The lowest BCUT2D eigenvalue weighted by atomic mass is 9.98. The Morgan fingerprint density at radius 2 is 1.67 bits per heavy atom. The van der Waals surface area contributed by atoms with Crippen LogP contribution in [0.2, 0.25) is 0 Å². The lowest BCUT2D eigenvalue weighted by molar-refractivity contribution is -0.156. The summed E-state index contributed by atoms with van der Waals surface area (Å²) in [4.78, 5) is 37.8. The second-order valence-electron chi connectivity index (χ2n) is 7.59. The van der Waals surface area contributed by atoms with Crippen molar-refractivity contribution < 1.29 is 19.1 Å². The van der Waals surface area contributed by atoms with Gasteiger partial charge in [0.25, 0.3) is 11.8 Å². The zero-order valence-corrected chi connectivity index (χ0v) is 18.2. The van der Waals surface area contributed by atoms with E-state index in [1.165, 1.54) is 6.92 Å². The van der Waals surface area contributed by atoms with Crippen LogP contribution >= 0.6 is 0 Å². The van der Waals surface area contributed by atoms with E-state index in [-0.39, 0.29) is 11.8 Å². The number of aryl methyl sites for hydroxylation is 2. The molecule has 6 nitrogen and oxygen atoms in total. The summed E-state index contributed by atoms with van der Waals surface area (Å²) in [7, 11) is 0. The third kappa shape index (κ3) is 6.17. The summed E-state index contributed by atoms with van der Waals surface area (Å²) in [5.74, 6) is -1.56. The Bertz CT molecular complexity index is 895. The molecule has 0 unspecified atom stereocenters. The first kappa shape index (κ1) is 23.1. The quantitative estimate of drug-likeness (QED) is 0.644. The fraction of sp³-hybridized carbons (Fsp3) is 0.375. The summed E-state index contributed by atoms with van der Waals surface area (Å²) in [5, 5.41) is 5.55. The average Bonchev–Trinajstić information content (AvgIpc) is 2.74. The first-order valence-corrected chi connectivity index (χ1v) is 10.2. The van der Waals surface area contributed by atoms with E-state index >= 15 is 0 Å². The molecule has 3 atom stereocenters. The van der Waals surface area contributed by atoms with E-state index in [0.717, 1.165) is 11.1 Å². The number of carbonyl (C=O) groups excluding carboxylic acids is 3. The van der Waals surface area contributed by atoms with Gasteiger partial charge in [0.1, 0.15) is 6.04 Å². The number of hydrogen-bond donors (Lipinski definition) is 2. The van der Waals surface area contributed by atoms with Crippen molar-refractivity contribution in [1.29, 1.82) is 0 Å². The summed E-state index contributed by atoms with van der Waals surface area (Å²) in [6.07, 6.45) is -0.338. The molecule has 0 saturated carbocycles. The highest BCUT2D eigenvalue weighted by Crippen LogP contribution is 2.17. The highest BCUT2D eigenvalue weighted by Gasteiger charge is 2.30. The summed E-state index contributed by atoms with van der Waals surface area (Å²) in [5.41, 5.74) is 3.07. The van der Waals surface area contributed by atoms with Crippen molar-refractivity contribution in [2.24, 2.45) is 5.92 Å². The maximum absolute atomic E-state index is 12.8. The van der Waals surface area contributed by atoms with Crippen molar-refractivity contribution in [3.63, 3.8) is 0 Å². The van der Waals surface area contributed by atoms with Gasteiger partial charge >= 0.3 is 5.97 Å². The number of amides is 2. The Kier molecular flexibility index (Phi) is 8.16. The van der Waals surface area contributed by atoms with Crippen molar-refractivity contribution in [1.82, 2.24) is 5.32 Å². The third-order valence-electron chi connectivity index (χ3n) is 5.10. The number of rotatable bonds is 8. The normalized spacial score (nSPS) is 13.6. The van der Waals surface area contributed by atoms with E-state index in [2.05, 4.69) is 10.6 Å². The molecule has 160 valence electrons. The first-order chi connectivity index (χ1) is 14.2. The lowest BCUT2D eigenvalue weighted by Gasteiger charge is -2.24. The van der Waals surface area contributed by atoms with Crippen molar-refractivity contribution in [2.45, 2.75) is 53.2 Å². The zero-order chi connectivity index (χ0) is 22.3. The van der Waals surface area contributed by atoms with Crippen LogP contribution in [-0.2, 0) is 14.3 Å². The number of esters is 1. The summed E-state index contributed by atoms with van der Waals surface area (Å²) >= 11 is 0. The molecular formula is C24H30N2O4. The Labute approximate surface area is 178 Å². The molecule has 0 fully saturated rings. The summed E-state index contributed by atoms with van der Waals surface area (Å²) < 4.78 is 5.41. The van der Waals surface area contributed by atoms with Crippen molar-refractivity contribution >= 4 is 23.5 Å². The van der Waals surface area contributed by atoms with Crippen LogP contribution < -0.4 is 10.6 Å². The summed E-state index contributed by atoms with van der Waals surface area (Å²) in [6.45, 7) is 9.13. The smallest absolute Gasteiger partial charge is 0.329 e. The number of nitrogens with one attached hydrogen (secondary N) is 2. The van der Waals surface area contributed by atoms with Crippen LogP contribution in [0.1, 0.15) is 48.7 Å². The molecule has 0 bridgehead atoms. The largest absolute Gasteiger partial charge is 0.451 e. The molecule has 0 aliphatic heterocycles. The molecule has 0 aromatic heterocycles. The van der Waals surface area contributed by atoms with Gasteiger partial charge in [0, 0.05) is 11.3 Å². The van der Waals surface area contributed by atoms with E-state index in [1.807, 2.05) is 52.0 Å². The fourth-order valence-corrected chi connectivity index (χ4v) is 2.89. The van der Waals surface area contributed by atoms with E-state index < -0.39 is 24.0 Å². The van der Waals surface area contributed by atoms with Crippen LogP contribution in [0.25, 0.3) is 0 Å². The fourth-order valence-electron chi connectivity index (χ4n) is 2.89. The molecule has 0 spiro atoms. The molecule has 2 amide bonds. The molecule has 0 radical (unpaired) electrons. The number of carbonyl (C=O) groups is 3. The predicted octanol–water partition coefficient (Wildman–Crippen LogP) is 4.02. The first-order valence-electron chi connectivity index (χ1n) is 10.2. The highest BCUT2D eigenvalue weighted by molar-refractivity contribution is 5.98. The molecule has 2 rings (SSSR count). The van der Waals surface area contributed by atoms with E-state index in [4.69, 9.17) is 4.74 Å². The Morgan fingerprint density at radius 1 is 1.00 bits per heavy atom. The van der Waals surface area contributed by atoms with Gasteiger partial charge in [-0.15, -0.1) is 0 Å². The van der Waals surface area contributed by atoms with Gasteiger partial charge < -0.3 is 15.4 Å². The molecule has 30 heavy (non-hydrogen) atoms. The van der Waals surface area contributed by atoms with Gasteiger partial charge in [0.05, 0.1) is 0 Å². The molecular weight excluding hydrogens is 380 g/mol.